The summed E-state index contributed by atoms with van der Waals surface area (Å²) in [6.07, 6.45) is 6.37. The maximum atomic E-state index is 12.3. The number of nitrogens with zero attached hydrogens (tertiary/aromatic N) is 2. The fraction of sp³-hybridized carbons (Fsp3) is 0.389. The summed E-state index contributed by atoms with van der Waals surface area (Å²) >= 11 is 1.61. The lowest BCUT2D eigenvalue weighted by atomic mass is 9.87. The van der Waals surface area contributed by atoms with Gasteiger partial charge in [0.25, 0.3) is 5.91 Å². The number of hydrazone groups is 1. The van der Waals surface area contributed by atoms with Gasteiger partial charge in [-0.05, 0) is 55.9 Å². The van der Waals surface area contributed by atoms with E-state index in [9.17, 15) is 4.79 Å². The Morgan fingerprint density at radius 2 is 2.35 bits per heavy atom. The molecule has 3 rings (SSSR count). The molecule has 2 aromatic heterocycles. The quantitative estimate of drug-likeness (QED) is 0.686. The third kappa shape index (κ3) is 3.67. The van der Waals surface area contributed by atoms with Crippen LogP contribution in [0.4, 0.5) is 0 Å². The highest BCUT2D eigenvalue weighted by atomic mass is 32.1. The van der Waals surface area contributed by atoms with Gasteiger partial charge in [0.15, 0.2) is 0 Å². The van der Waals surface area contributed by atoms with Crippen LogP contribution in [0, 0.1) is 5.92 Å². The van der Waals surface area contributed by atoms with E-state index in [-0.39, 0.29) is 5.91 Å². The van der Waals surface area contributed by atoms with E-state index in [0.717, 1.165) is 29.3 Å². The SMILES string of the molecule is CCC1CCc2sc(C(=O)N/N=C(\C)c3ccccn3)cc2C1. The van der Waals surface area contributed by atoms with Gasteiger partial charge < -0.3 is 0 Å². The van der Waals surface area contributed by atoms with E-state index in [0.29, 0.717) is 5.71 Å². The highest BCUT2D eigenvalue weighted by molar-refractivity contribution is 7.14. The van der Waals surface area contributed by atoms with Gasteiger partial charge >= 0.3 is 0 Å². The van der Waals surface area contributed by atoms with Crippen LogP contribution in [0.5, 0.6) is 0 Å². The molecule has 1 amide bonds. The minimum Gasteiger partial charge on any atom is -0.266 e. The molecule has 0 aliphatic heterocycles. The number of carbonyl (C=O) groups is 1. The number of pyridine rings is 1. The van der Waals surface area contributed by atoms with Gasteiger partial charge in [-0.3, -0.25) is 9.78 Å². The third-order valence-corrected chi connectivity index (χ3v) is 5.58. The van der Waals surface area contributed by atoms with Crippen molar-refractivity contribution in [2.24, 2.45) is 11.0 Å². The van der Waals surface area contributed by atoms with Gasteiger partial charge in [-0.1, -0.05) is 19.4 Å². The van der Waals surface area contributed by atoms with Crippen molar-refractivity contribution in [1.29, 1.82) is 0 Å². The first-order valence-corrected chi connectivity index (χ1v) is 8.86. The molecule has 0 fully saturated rings. The first kappa shape index (κ1) is 15.9. The number of carbonyl (C=O) groups excluding carboxylic acids is 1. The van der Waals surface area contributed by atoms with Crippen LogP contribution in [0.15, 0.2) is 35.6 Å². The number of thiophene rings is 1. The van der Waals surface area contributed by atoms with Crippen molar-refractivity contribution in [2.75, 3.05) is 0 Å². The number of hydrogen-bond acceptors (Lipinski definition) is 4. The number of rotatable bonds is 4. The van der Waals surface area contributed by atoms with Crippen LogP contribution in [0.2, 0.25) is 0 Å². The van der Waals surface area contributed by atoms with Gasteiger partial charge in [0, 0.05) is 11.1 Å². The van der Waals surface area contributed by atoms with E-state index in [2.05, 4.69) is 22.4 Å². The Balaban J connectivity index is 1.69. The van der Waals surface area contributed by atoms with Crippen molar-refractivity contribution in [2.45, 2.75) is 39.5 Å². The molecular weight excluding hydrogens is 306 g/mol. The van der Waals surface area contributed by atoms with E-state index >= 15 is 0 Å². The van der Waals surface area contributed by atoms with E-state index in [1.807, 2.05) is 31.2 Å². The molecule has 0 radical (unpaired) electrons. The van der Waals surface area contributed by atoms with Crippen LogP contribution in [0.1, 0.15) is 52.5 Å². The lowest BCUT2D eigenvalue weighted by molar-refractivity contribution is 0.0959. The molecule has 0 bridgehead atoms. The Bertz CT molecular complexity index is 721. The van der Waals surface area contributed by atoms with E-state index in [1.54, 1.807) is 17.5 Å². The molecule has 0 spiro atoms. The molecule has 2 aromatic rings. The van der Waals surface area contributed by atoms with E-state index < -0.39 is 0 Å². The molecule has 23 heavy (non-hydrogen) atoms. The third-order valence-electron chi connectivity index (χ3n) is 4.35. The molecule has 1 N–H and O–H groups in total. The van der Waals surface area contributed by atoms with Crippen LogP contribution in [-0.4, -0.2) is 16.6 Å². The average Bonchev–Trinajstić information content (AvgIpc) is 3.03. The fourth-order valence-electron chi connectivity index (χ4n) is 2.88. The van der Waals surface area contributed by atoms with Crippen LogP contribution in [0.3, 0.4) is 0 Å². The number of amides is 1. The standard InChI is InChI=1S/C18H21N3OS/c1-3-13-7-8-16-14(10-13)11-17(23-16)18(22)21-20-12(2)15-6-4-5-9-19-15/h4-6,9,11,13H,3,7-8,10H2,1-2H3,(H,21,22)/b20-12+. The molecule has 120 valence electrons. The van der Waals surface area contributed by atoms with Crippen molar-refractivity contribution in [1.82, 2.24) is 10.4 Å². The monoisotopic (exact) mass is 327 g/mol. The topological polar surface area (TPSA) is 54.4 Å². The van der Waals surface area contributed by atoms with E-state index in [4.69, 9.17) is 0 Å². The second-order valence-corrected chi connectivity index (χ2v) is 7.07. The molecular formula is C18H21N3OS. The lowest BCUT2D eigenvalue weighted by Gasteiger charge is -2.19. The Morgan fingerprint density at radius 3 is 3.09 bits per heavy atom. The summed E-state index contributed by atoms with van der Waals surface area (Å²) < 4.78 is 0. The summed E-state index contributed by atoms with van der Waals surface area (Å²) in [4.78, 5) is 18.7. The number of hydrogen-bond donors (Lipinski definition) is 1. The number of nitrogens with one attached hydrogen (secondary N) is 1. The first-order chi connectivity index (χ1) is 11.2. The molecule has 1 unspecified atom stereocenters. The van der Waals surface area contributed by atoms with Crippen LogP contribution in [0.25, 0.3) is 0 Å². The minimum atomic E-state index is -0.132. The molecule has 5 heteroatoms. The minimum absolute atomic E-state index is 0.132. The van der Waals surface area contributed by atoms with Crippen molar-refractivity contribution in [3.63, 3.8) is 0 Å². The van der Waals surface area contributed by atoms with Gasteiger partial charge in [0.2, 0.25) is 0 Å². The Morgan fingerprint density at radius 1 is 1.48 bits per heavy atom. The van der Waals surface area contributed by atoms with Crippen LogP contribution >= 0.6 is 11.3 Å². The molecule has 4 nitrogen and oxygen atoms in total. The smallest absolute Gasteiger partial charge is 0.266 e. The summed E-state index contributed by atoms with van der Waals surface area (Å²) in [5.41, 5.74) is 5.47. The Kier molecular flexibility index (Phi) is 4.86. The zero-order valence-corrected chi connectivity index (χ0v) is 14.3. The molecule has 1 aliphatic rings. The van der Waals surface area contributed by atoms with Crippen LogP contribution < -0.4 is 5.43 Å². The second-order valence-electron chi connectivity index (χ2n) is 5.93. The summed E-state index contributed by atoms with van der Waals surface area (Å²) in [5, 5.41) is 4.17. The summed E-state index contributed by atoms with van der Waals surface area (Å²) in [6, 6.07) is 7.68. The Hall–Kier alpha value is -2.01. The number of aryl methyl sites for hydroxylation is 1. The normalized spacial score (nSPS) is 17.7. The molecule has 0 aromatic carbocycles. The maximum Gasteiger partial charge on any atom is 0.281 e. The number of aromatic nitrogens is 1. The predicted octanol–water partition coefficient (Wildman–Crippen LogP) is 3.81. The van der Waals surface area contributed by atoms with Crippen molar-refractivity contribution in [3.8, 4) is 0 Å². The maximum absolute atomic E-state index is 12.3. The van der Waals surface area contributed by atoms with Crippen molar-refractivity contribution in [3.05, 3.63) is 51.5 Å². The molecule has 1 atom stereocenters. The zero-order valence-electron chi connectivity index (χ0n) is 13.5. The average molecular weight is 327 g/mol. The van der Waals surface area contributed by atoms with Gasteiger partial charge in [0.05, 0.1) is 16.3 Å². The van der Waals surface area contributed by atoms with Crippen molar-refractivity contribution >= 4 is 23.0 Å². The predicted molar refractivity (Wildman–Crippen MR) is 94.0 cm³/mol. The highest BCUT2D eigenvalue weighted by Crippen LogP contribution is 2.33. The largest absolute Gasteiger partial charge is 0.281 e. The van der Waals surface area contributed by atoms with Gasteiger partial charge in [-0.15, -0.1) is 11.3 Å². The summed E-state index contributed by atoms with van der Waals surface area (Å²) in [5.74, 6) is 0.630. The lowest BCUT2D eigenvalue weighted by Crippen LogP contribution is -2.18. The van der Waals surface area contributed by atoms with Gasteiger partial charge in [0.1, 0.15) is 0 Å². The zero-order chi connectivity index (χ0) is 16.2. The highest BCUT2D eigenvalue weighted by Gasteiger charge is 2.21. The van der Waals surface area contributed by atoms with Crippen molar-refractivity contribution < 1.29 is 4.79 Å². The van der Waals surface area contributed by atoms with Gasteiger partial charge in [-0.25, -0.2) is 5.43 Å². The van der Waals surface area contributed by atoms with Gasteiger partial charge in [-0.2, -0.15) is 5.10 Å². The van der Waals surface area contributed by atoms with Crippen LogP contribution in [-0.2, 0) is 12.8 Å². The Labute approximate surface area is 140 Å². The van der Waals surface area contributed by atoms with E-state index in [1.165, 1.54) is 23.3 Å². The fourth-order valence-corrected chi connectivity index (χ4v) is 3.98. The summed E-state index contributed by atoms with van der Waals surface area (Å²) in [6.45, 7) is 4.08. The second kappa shape index (κ2) is 7.04. The first-order valence-electron chi connectivity index (χ1n) is 8.05. The molecule has 0 saturated carbocycles. The molecule has 2 heterocycles. The molecule has 1 aliphatic carbocycles. The molecule has 0 saturated heterocycles. The number of fused-ring (bicyclic) bond motifs is 1. The summed E-state index contributed by atoms with van der Waals surface area (Å²) in [7, 11) is 0.